The van der Waals surface area contributed by atoms with Crippen LogP contribution in [0.3, 0.4) is 0 Å². The van der Waals surface area contributed by atoms with Gasteiger partial charge in [-0.05, 0) is 24.3 Å². The highest BCUT2D eigenvalue weighted by atomic mass is 35.5. The zero-order chi connectivity index (χ0) is 10.3. The smallest absolute Gasteiger partial charge is 0.108 e. The predicted molar refractivity (Wildman–Crippen MR) is 62.1 cm³/mol. The van der Waals surface area contributed by atoms with Crippen LogP contribution in [0.15, 0.2) is 42.5 Å². The zero-order valence-electron chi connectivity index (χ0n) is 7.81. The largest absolute Gasteiger partial charge is 0.244 e. The Labute approximate surface area is 91.5 Å². The number of hydrogen-bond donors (Lipinski definition) is 0. The van der Waals surface area contributed by atoms with Crippen LogP contribution < -0.4 is 0 Å². The van der Waals surface area contributed by atoms with Crippen LogP contribution in [0, 0.1) is 0 Å². The highest BCUT2D eigenvalue weighted by molar-refractivity contribution is 6.35. The first kappa shape index (κ1) is 8.62. The molecule has 0 aliphatic rings. The minimum Gasteiger partial charge on any atom is -0.244 e. The van der Waals surface area contributed by atoms with Crippen molar-refractivity contribution in [2.24, 2.45) is 0 Å². The Morgan fingerprint density at radius 1 is 0.733 bits per heavy atom. The van der Waals surface area contributed by atoms with Gasteiger partial charge in [0, 0.05) is 0 Å². The van der Waals surface area contributed by atoms with Gasteiger partial charge in [-0.1, -0.05) is 29.8 Å². The third kappa shape index (κ3) is 1.34. The van der Waals surface area contributed by atoms with Gasteiger partial charge >= 0.3 is 0 Å². The van der Waals surface area contributed by atoms with E-state index in [1.54, 1.807) is 0 Å². The fraction of sp³-hybridized carbons (Fsp3) is 0. The van der Waals surface area contributed by atoms with E-state index in [2.05, 4.69) is 9.97 Å². The maximum atomic E-state index is 6.05. The van der Waals surface area contributed by atoms with Gasteiger partial charge in [-0.3, -0.25) is 0 Å². The molecule has 2 aromatic carbocycles. The molecule has 1 aromatic heterocycles. The van der Waals surface area contributed by atoms with Gasteiger partial charge in [0.05, 0.1) is 21.6 Å². The summed E-state index contributed by atoms with van der Waals surface area (Å²) in [7, 11) is 0. The van der Waals surface area contributed by atoms with Gasteiger partial charge in [0.1, 0.15) is 5.52 Å². The third-order valence-corrected chi connectivity index (χ3v) is 2.63. The predicted octanol–water partition coefficient (Wildman–Crippen LogP) is 3.44. The summed E-state index contributed by atoms with van der Waals surface area (Å²) < 4.78 is 0. The van der Waals surface area contributed by atoms with Crippen LogP contribution in [0.5, 0.6) is 0 Å². The lowest BCUT2D eigenvalue weighted by Crippen LogP contribution is -1.87. The Hall–Kier alpha value is -1.67. The topological polar surface area (TPSA) is 25.8 Å². The molecule has 0 bridgehead atoms. The number of para-hydroxylation sites is 3. The Balaban J connectivity index is 2.53. The van der Waals surface area contributed by atoms with Gasteiger partial charge < -0.3 is 0 Å². The summed E-state index contributed by atoms with van der Waals surface area (Å²) in [5.74, 6) is 0. The van der Waals surface area contributed by atoms with E-state index in [0.29, 0.717) is 5.02 Å². The monoisotopic (exact) mass is 214 g/mol. The van der Waals surface area contributed by atoms with Gasteiger partial charge in [-0.2, -0.15) is 0 Å². The second-order valence-electron chi connectivity index (χ2n) is 3.32. The first-order valence-corrected chi connectivity index (χ1v) is 5.03. The van der Waals surface area contributed by atoms with Crippen molar-refractivity contribution in [2.45, 2.75) is 0 Å². The number of aromatic nitrogens is 2. The molecule has 3 aromatic rings. The summed E-state index contributed by atoms with van der Waals surface area (Å²) in [6, 6.07) is 13.4. The molecular weight excluding hydrogens is 208 g/mol. The summed E-state index contributed by atoms with van der Waals surface area (Å²) in [4.78, 5) is 8.97. The van der Waals surface area contributed by atoms with E-state index in [-0.39, 0.29) is 0 Å². The highest BCUT2D eigenvalue weighted by Gasteiger charge is 2.03. The fourth-order valence-electron chi connectivity index (χ4n) is 1.61. The van der Waals surface area contributed by atoms with Gasteiger partial charge in [0.2, 0.25) is 0 Å². The molecule has 3 heteroatoms. The molecule has 0 spiro atoms. The highest BCUT2D eigenvalue weighted by Crippen LogP contribution is 2.22. The van der Waals surface area contributed by atoms with Crippen LogP contribution in [0.25, 0.3) is 22.1 Å². The van der Waals surface area contributed by atoms with Gasteiger partial charge in [-0.25, -0.2) is 9.97 Å². The third-order valence-electron chi connectivity index (χ3n) is 2.32. The normalized spacial score (nSPS) is 11.0. The average Bonchev–Trinajstić information content (AvgIpc) is 2.27. The molecule has 15 heavy (non-hydrogen) atoms. The van der Waals surface area contributed by atoms with Crippen molar-refractivity contribution >= 4 is 33.7 Å². The van der Waals surface area contributed by atoms with E-state index in [9.17, 15) is 0 Å². The summed E-state index contributed by atoms with van der Waals surface area (Å²) >= 11 is 6.05. The van der Waals surface area contributed by atoms with E-state index in [1.165, 1.54) is 0 Å². The second kappa shape index (κ2) is 3.17. The van der Waals surface area contributed by atoms with E-state index in [0.717, 1.165) is 22.1 Å². The van der Waals surface area contributed by atoms with Crippen LogP contribution >= 0.6 is 11.6 Å². The summed E-state index contributed by atoms with van der Waals surface area (Å²) in [6.45, 7) is 0. The number of nitrogens with zero attached hydrogens (tertiary/aromatic N) is 2. The standard InChI is InChI=1S/C12H7ClN2/c13-8-4-3-7-11-12(8)15-10-6-2-1-5-9(10)14-11/h1-7H. The molecular formula is C12H7ClN2. The maximum Gasteiger partial charge on any atom is 0.108 e. The first-order chi connectivity index (χ1) is 7.34. The lowest BCUT2D eigenvalue weighted by molar-refractivity contribution is 1.39. The molecule has 2 nitrogen and oxygen atoms in total. The van der Waals surface area contributed by atoms with Crippen molar-refractivity contribution in [3.8, 4) is 0 Å². The lowest BCUT2D eigenvalue weighted by Gasteiger charge is -2.01. The van der Waals surface area contributed by atoms with E-state index in [1.807, 2.05) is 42.5 Å². The van der Waals surface area contributed by atoms with E-state index >= 15 is 0 Å². The molecule has 0 amide bonds. The number of halogens is 1. The van der Waals surface area contributed by atoms with Crippen molar-refractivity contribution in [1.82, 2.24) is 9.97 Å². The molecule has 1 heterocycles. The van der Waals surface area contributed by atoms with Crippen LogP contribution in [0.2, 0.25) is 5.02 Å². The zero-order valence-corrected chi connectivity index (χ0v) is 8.57. The molecule has 0 fully saturated rings. The number of benzene rings is 2. The lowest BCUT2D eigenvalue weighted by atomic mass is 10.2. The van der Waals surface area contributed by atoms with Crippen molar-refractivity contribution < 1.29 is 0 Å². The van der Waals surface area contributed by atoms with Crippen LogP contribution in [0.1, 0.15) is 0 Å². The van der Waals surface area contributed by atoms with Gasteiger partial charge in [0.25, 0.3) is 0 Å². The fourth-order valence-corrected chi connectivity index (χ4v) is 1.82. The molecule has 3 rings (SSSR count). The number of hydrogen-bond acceptors (Lipinski definition) is 2. The number of rotatable bonds is 0. The Bertz CT molecular complexity index is 649. The minimum absolute atomic E-state index is 0.644. The molecule has 0 N–H and O–H groups in total. The first-order valence-electron chi connectivity index (χ1n) is 4.65. The molecule has 0 aliphatic carbocycles. The summed E-state index contributed by atoms with van der Waals surface area (Å²) in [6.07, 6.45) is 0. The molecule has 0 radical (unpaired) electrons. The van der Waals surface area contributed by atoms with Crippen LogP contribution in [0.4, 0.5) is 0 Å². The SMILES string of the molecule is Clc1cccc2nc3ccccc3nc12. The van der Waals surface area contributed by atoms with Crippen molar-refractivity contribution in [1.29, 1.82) is 0 Å². The van der Waals surface area contributed by atoms with Crippen molar-refractivity contribution in [3.63, 3.8) is 0 Å². The Morgan fingerprint density at radius 3 is 2.20 bits per heavy atom. The van der Waals surface area contributed by atoms with Crippen LogP contribution in [-0.2, 0) is 0 Å². The average molecular weight is 215 g/mol. The van der Waals surface area contributed by atoms with Crippen molar-refractivity contribution in [2.75, 3.05) is 0 Å². The summed E-state index contributed by atoms with van der Waals surface area (Å²) in [5.41, 5.74) is 3.37. The molecule has 0 unspecified atom stereocenters. The Kier molecular flexibility index (Phi) is 1.82. The van der Waals surface area contributed by atoms with Crippen LogP contribution in [-0.4, -0.2) is 9.97 Å². The van der Waals surface area contributed by atoms with Crippen molar-refractivity contribution in [3.05, 3.63) is 47.5 Å². The number of fused-ring (bicyclic) bond motifs is 2. The maximum absolute atomic E-state index is 6.05. The molecule has 72 valence electrons. The molecule has 0 saturated heterocycles. The molecule has 0 saturated carbocycles. The van der Waals surface area contributed by atoms with Gasteiger partial charge in [-0.15, -0.1) is 0 Å². The molecule has 0 aliphatic heterocycles. The second-order valence-corrected chi connectivity index (χ2v) is 3.73. The Morgan fingerprint density at radius 2 is 1.40 bits per heavy atom. The molecule has 0 atom stereocenters. The van der Waals surface area contributed by atoms with E-state index < -0.39 is 0 Å². The minimum atomic E-state index is 0.644. The van der Waals surface area contributed by atoms with E-state index in [4.69, 9.17) is 11.6 Å². The van der Waals surface area contributed by atoms with Gasteiger partial charge in [0.15, 0.2) is 0 Å². The quantitative estimate of drug-likeness (QED) is 0.536. The summed E-state index contributed by atoms with van der Waals surface area (Å²) in [5, 5.41) is 0.644.